The molecule has 0 fully saturated rings. The van der Waals surface area contributed by atoms with Gasteiger partial charge in [-0.05, 0) is 53.6 Å². The predicted octanol–water partition coefficient (Wildman–Crippen LogP) is 16.5. The highest BCUT2D eigenvalue weighted by Crippen LogP contribution is 2.37. The van der Waals surface area contributed by atoms with E-state index in [0.29, 0.717) is 108 Å². The number of nitrogens with zero attached hydrogens (tertiary/aromatic N) is 3. The number of H-pyrrole nitrogens is 3. The number of aldehydes is 1. The van der Waals surface area contributed by atoms with Crippen molar-refractivity contribution in [2.24, 2.45) is 0 Å². The van der Waals surface area contributed by atoms with Crippen LogP contribution in [-0.2, 0) is 34.8 Å². The number of ether oxygens (including phenoxy) is 9. The van der Waals surface area contributed by atoms with Crippen LogP contribution in [0.4, 0.5) is 13.2 Å². The molecule has 4 N–H and O–H groups in total. The van der Waals surface area contributed by atoms with Crippen LogP contribution in [-0.4, -0.2) is 142 Å². The Kier molecular flexibility index (Phi) is 38.3. The summed E-state index contributed by atoms with van der Waals surface area (Å²) in [6.45, 7) is 4.33. The third-order valence-corrected chi connectivity index (χ3v) is 13.2. The summed E-state index contributed by atoms with van der Waals surface area (Å²) in [5, 5.41) is 15.7. The number of fused-ring (bicyclic) bond motifs is 3. The molecule has 6 heterocycles. The maximum Gasteiger partial charge on any atom is 0.165 e. The van der Waals surface area contributed by atoms with Gasteiger partial charge in [-0.15, -0.1) is 0 Å². The Morgan fingerprint density at radius 1 is 0.489 bits per heavy atom. The zero-order valence-electron chi connectivity index (χ0n) is 44.9. The number of carbonyl (C=O) groups excluding carboxylic acids is 1. The molecule has 0 aliphatic rings. The van der Waals surface area contributed by atoms with E-state index < -0.39 is 23.6 Å². The number of benzene rings is 3. The van der Waals surface area contributed by atoms with Crippen LogP contribution >= 0.6 is 69.6 Å². The molecule has 26 heteroatoms. The molecular formula is C62H77Cl6F3N6O11. The van der Waals surface area contributed by atoms with E-state index in [2.05, 4.69) is 29.9 Å². The molecule has 1 atom stereocenters. The monoisotopic (exact) mass is 1350 g/mol. The third kappa shape index (κ3) is 24.4. The van der Waals surface area contributed by atoms with Gasteiger partial charge in [0.1, 0.15) is 42.9 Å². The van der Waals surface area contributed by atoms with E-state index in [1.165, 1.54) is 30.5 Å². The minimum Gasteiger partial charge on any atom is -0.488 e. The second kappa shape index (κ2) is 42.1. The first kappa shape index (κ1) is 80.1. The van der Waals surface area contributed by atoms with Gasteiger partial charge in [0, 0.05) is 121 Å². The molecule has 0 saturated carbocycles. The molecule has 0 radical (unpaired) electrons. The van der Waals surface area contributed by atoms with E-state index in [4.69, 9.17) is 112 Å². The summed E-state index contributed by atoms with van der Waals surface area (Å²) in [7, 11) is 4.75. The third-order valence-electron chi connectivity index (χ3n) is 11.5. The summed E-state index contributed by atoms with van der Waals surface area (Å²) in [6.07, 6.45) is 9.72. The Morgan fingerprint density at radius 2 is 0.932 bits per heavy atom. The van der Waals surface area contributed by atoms with Gasteiger partial charge in [0.05, 0.1) is 84.6 Å². The van der Waals surface area contributed by atoms with Gasteiger partial charge in [0.2, 0.25) is 0 Å². The molecule has 0 bridgehead atoms. The number of halogens is 9. The lowest BCUT2D eigenvalue weighted by molar-refractivity contribution is 0.0538. The second-order valence-corrected chi connectivity index (χ2v) is 19.8. The van der Waals surface area contributed by atoms with Crippen molar-refractivity contribution in [3.8, 4) is 17.2 Å². The number of aliphatic hydroxyl groups is 1. The highest BCUT2D eigenvalue weighted by atomic mass is 35.5. The lowest BCUT2D eigenvalue weighted by atomic mass is 10.0. The van der Waals surface area contributed by atoms with Crippen LogP contribution in [0, 0.1) is 17.5 Å². The van der Waals surface area contributed by atoms with Crippen LogP contribution in [0.25, 0.3) is 33.1 Å². The molecule has 0 aliphatic heterocycles. The van der Waals surface area contributed by atoms with Crippen LogP contribution in [0.1, 0.15) is 75.8 Å². The van der Waals surface area contributed by atoms with Crippen molar-refractivity contribution >= 4 is 109 Å². The van der Waals surface area contributed by atoms with E-state index in [1.807, 2.05) is 30.6 Å². The highest BCUT2D eigenvalue weighted by Gasteiger charge is 2.22. The normalized spacial score (nSPS) is 10.7. The molecule has 6 aromatic heterocycles. The fraction of sp³-hybridized carbons (Fsp3) is 0.355. The number of aliphatic hydroxyl groups excluding tert-OH is 1. The molecule has 0 saturated heterocycles. The number of aromatic amines is 3. The molecule has 0 spiro atoms. The molecule has 9 rings (SSSR count). The number of rotatable bonds is 26. The van der Waals surface area contributed by atoms with Crippen molar-refractivity contribution in [1.82, 2.24) is 29.9 Å². The van der Waals surface area contributed by atoms with Gasteiger partial charge in [0.15, 0.2) is 41.0 Å². The van der Waals surface area contributed by atoms with Gasteiger partial charge >= 0.3 is 0 Å². The van der Waals surface area contributed by atoms with E-state index in [0.717, 1.165) is 39.8 Å². The summed E-state index contributed by atoms with van der Waals surface area (Å²) in [6, 6.07) is 15.0. The highest BCUT2D eigenvalue weighted by molar-refractivity contribution is 6.33. The zero-order valence-corrected chi connectivity index (χ0v) is 49.4. The standard InChI is InChI=1S/C19H19Cl2FN2O4.C19H19Cl2FN2O3.C12H14ClFO4.C7H5ClN2.5CH4/c1-26-2-3-27-4-5-28-17-8-15(21)13(7-16(17)22)18(25)14-10-24-19-12(14)6-11(20)9-23-19;1-25-2-3-26-4-5-27-18-9-16(21)12(7-17(18)22)6-13-10-23-19-15(13)8-14(20)11-24-19;1-16-2-3-17-4-5-18-12-7-10(13)9(8-15)6-11(12)14;8-6-3-5-1-2-9-7(5)10-4-6;;;;;/h6-10,18,25H,2-5H2,1H3,(H,23,24);7-11H,2-6H2,1H3,(H,23,24);6-8H,2-5H2,1H3;1-4H,(H,9,10);5*1H4. The Hall–Kier alpha value is -5.95. The minimum absolute atomic E-state index is 0. The van der Waals surface area contributed by atoms with Gasteiger partial charge in [0.25, 0.3) is 0 Å². The predicted molar refractivity (Wildman–Crippen MR) is 348 cm³/mol. The molecule has 1 unspecified atom stereocenters. The molecule has 9 aromatic rings. The number of methoxy groups -OCH3 is 3. The summed E-state index contributed by atoms with van der Waals surface area (Å²) < 4.78 is 88.4. The first-order valence-electron chi connectivity index (χ1n) is 25.1. The first-order chi connectivity index (χ1) is 40.1. The first-order valence-corrected chi connectivity index (χ1v) is 27.4. The number of aromatic nitrogens is 6. The minimum atomic E-state index is -1.16. The Bertz CT molecular complexity index is 3490. The largest absolute Gasteiger partial charge is 0.488 e. The van der Waals surface area contributed by atoms with Gasteiger partial charge in [-0.1, -0.05) is 107 Å². The number of hydrogen-bond acceptors (Lipinski definition) is 14. The van der Waals surface area contributed by atoms with Gasteiger partial charge in [-0.25, -0.2) is 28.1 Å². The number of nitrogens with one attached hydrogen (secondary N) is 3. The average molecular weight is 1350 g/mol. The summed E-state index contributed by atoms with van der Waals surface area (Å²) in [5.41, 5.74) is 4.54. The molecular weight excluding hydrogens is 1270 g/mol. The molecule has 0 aliphatic carbocycles. The Labute approximate surface area is 542 Å². The Balaban J connectivity index is 0.000000604. The summed E-state index contributed by atoms with van der Waals surface area (Å²) in [5.74, 6) is -1.64. The Morgan fingerprint density at radius 3 is 1.47 bits per heavy atom. The van der Waals surface area contributed by atoms with Gasteiger partial charge < -0.3 is 62.7 Å². The number of carbonyl (C=O) groups is 1. The van der Waals surface area contributed by atoms with Crippen molar-refractivity contribution in [3.05, 3.63) is 173 Å². The number of pyridine rings is 3. The lowest BCUT2D eigenvalue weighted by Crippen LogP contribution is -2.11. The van der Waals surface area contributed by atoms with E-state index >= 15 is 0 Å². The van der Waals surface area contributed by atoms with Crippen LogP contribution < -0.4 is 14.2 Å². The lowest BCUT2D eigenvalue weighted by Gasteiger charge is -2.15. The second-order valence-electron chi connectivity index (χ2n) is 17.3. The van der Waals surface area contributed by atoms with E-state index in [-0.39, 0.29) is 102 Å². The summed E-state index contributed by atoms with van der Waals surface area (Å²) in [4.78, 5) is 31.9. The molecule has 88 heavy (non-hydrogen) atoms. The van der Waals surface area contributed by atoms with Crippen molar-refractivity contribution in [2.45, 2.75) is 49.7 Å². The van der Waals surface area contributed by atoms with Crippen molar-refractivity contribution in [2.75, 3.05) is 101 Å². The molecule has 484 valence electrons. The zero-order chi connectivity index (χ0) is 59.7. The van der Waals surface area contributed by atoms with E-state index in [9.17, 15) is 23.1 Å². The molecule has 3 aromatic carbocycles. The van der Waals surface area contributed by atoms with Crippen molar-refractivity contribution < 1.29 is 65.7 Å². The van der Waals surface area contributed by atoms with Gasteiger partial charge in [-0.3, -0.25) is 4.79 Å². The maximum absolute atomic E-state index is 14.4. The van der Waals surface area contributed by atoms with E-state index in [1.54, 1.807) is 46.0 Å². The molecule has 17 nitrogen and oxygen atoms in total. The van der Waals surface area contributed by atoms with Crippen LogP contribution in [0.15, 0.2) is 97.8 Å². The topological polar surface area (TPSA) is 206 Å². The SMILES string of the molecule is C.C.C.C.C.COCCOCCOc1cc(Cl)c(C(O)c2c[nH]c3ncc(Cl)cc23)cc1F.COCCOCCOc1cc(Cl)c(C=O)cc1F.COCCOCCOc1cc(Cl)c(Cc2c[nH]c3ncc(Cl)cc23)cc1F.Clc1cnc2[nH]ccc2c1. The average Bonchev–Trinajstić information content (AvgIpc) is 3.29. The number of hydrogen-bond donors (Lipinski definition) is 4. The van der Waals surface area contributed by atoms with Crippen LogP contribution in [0.5, 0.6) is 17.2 Å². The maximum atomic E-state index is 14.4. The quantitative estimate of drug-likeness (QED) is 0.0294. The van der Waals surface area contributed by atoms with Crippen LogP contribution in [0.2, 0.25) is 30.1 Å². The molecule has 0 amide bonds. The van der Waals surface area contributed by atoms with Gasteiger partial charge in [-0.2, -0.15) is 0 Å². The van der Waals surface area contributed by atoms with Crippen molar-refractivity contribution in [1.29, 1.82) is 0 Å². The smallest absolute Gasteiger partial charge is 0.165 e. The fourth-order valence-corrected chi connectivity index (χ4v) is 8.64. The summed E-state index contributed by atoms with van der Waals surface area (Å²) >= 11 is 36.1. The van der Waals surface area contributed by atoms with Crippen LogP contribution in [0.3, 0.4) is 0 Å². The fourth-order valence-electron chi connectivity index (χ4n) is 7.48. The van der Waals surface area contributed by atoms with Crippen molar-refractivity contribution in [3.63, 3.8) is 0 Å².